The first-order valence-electron chi connectivity index (χ1n) is 8.89. The van der Waals surface area contributed by atoms with Gasteiger partial charge in [-0.2, -0.15) is 5.10 Å². The molecule has 0 aliphatic carbocycles. The Morgan fingerprint density at radius 2 is 1.84 bits per heavy atom. The van der Waals surface area contributed by atoms with Crippen molar-refractivity contribution in [2.24, 2.45) is 5.10 Å². The first-order valence-corrected chi connectivity index (χ1v) is 10.4. The number of amides is 1. The summed E-state index contributed by atoms with van der Waals surface area (Å²) in [6, 6.07) is 18.3. The largest absolute Gasteiger partial charge is 0.484 e. The molecule has 3 aromatic carbocycles. The summed E-state index contributed by atoms with van der Waals surface area (Å²) in [7, 11) is 0. The van der Waals surface area contributed by atoms with Crippen LogP contribution in [0.2, 0.25) is 10.0 Å². The molecule has 0 fully saturated rings. The quantitative estimate of drug-likeness (QED) is 0.192. The number of rotatable bonds is 7. The van der Waals surface area contributed by atoms with Gasteiger partial charge in [-0.25, -0.2) is 10.2 Å². The molecule has 9 heteroatoms. The Balaban J connectivity index is 1.63. The Kier molecular flexibility index (Phi) is 8.06. The summed E-state index contributed by atoms with van der Waals surface area (Å²) in [5.41, 5.74) is 3.05. The highest BCUT2D eigenvalue weighted by atomic mass is 79.9. The van der Waals surface area contributed by atoms with Crippen molar-refractivity contribution in [3.63, 3.8) is 0 Å². The normalized spacial score (nSPS) is 10.7. The molecule has 0 saturated carbocycles. The fourth-order valence-electron chi connectivity index (χ4n) is 2.41. The van der Waals surface area contributed by atoms with Crippen molar-refractivity contribution >= 4 is 57.2 Å². The van der Waals surface area contributed by atoms with E-state index in [1.54, 1.807) is 66.7 Å². The molecule has 3 aromatic rings. The second-order valence-electron chi connectivity index (χ2n) is 6.09. The molecule has 0 aliphatic heterocycles. The minimum atomic E-state index is -0.610. The van der Waals surface area contributed by atoms with E-state index in [1.165, 1.54) is 6.21 Å². The van der Waals surface area contributed by atoms with E-state index in [4.69, 9.17) is 32.7 Å². The van der Waals surface area contributed by atoms with E-state index < -0.39 is 11.9 Å². The van der Waals surface area contributed by atoms with Crippen LogP contribution in [0.1, 0.15) is 15.9 Å². The van der Waals surface area contributed by atoms with Crippen LogP contribution >= 0.6 is 39.1 Å². The summed E-state index contributed by atoms with van der Waals surface area (Å²) < 4.78 is 11.5. The van der Waals surface area contributed by atoms with Crippen LogP contribution in [-0.4, -0.2) is 24.7 Å². The Morgan fingerprint density at radius 3 is 2.61 bits per heavy atom. The van der Waals surface area contributed by atoms with E-state index >= 15 is 0 Å². The number of hydrogen-bond acceptors (Lipinski definition) is 5. The molecule has 0 saturated heterocycles. The fourth-order valence-corrected chi connectivity index (χ4v) is 3.18. The van der Waals surface area contributed by atoms with E-state index in [-0.39, 0.29) is 22.9 Å². The first kappa shape index (κ1) is 22.8. The van der Waals surface area contributed by atoms with E-state index in [9.17, 15) is 9.59 Å². The number of hydrogen-bond donors (Lipinski definition) is 1. The van der Waals surface area contributed by atoms with Crippen molar-refractivity contribution < 1.29 is 19.1 Å². The van der Waals surface area contributed by atoms with Crippen molar-refractivity contribution in [1.29, 1.82) is 0 Å². The first-order chi connectivity index (χ1) is 14.9. The Bertz CT molecular complexity index is 1140. The third kappa shape index (κ3) is 6.82. The predicted molar refractivity (Wildman–Crippen MR) is 123 cm³/mol. The van der Waals surface area contributed by atoms with E-state index in [0.29, 0.717) is 16.3 Å². The van der Waals surface area contributed by atoms with Crippen LogP contribution in [0.4, 0.5) is 0 Å². The van der Waals surface area contributed by atoms with Gasteiger partial charge in [-0.15, -0.1) is 0 Å². The van der Waals surface area contributed by atoms with Crippen LogP contribution in [0.5, 0.6) is 11.5 Å². The molecule has 0 bridgehead atoms. The highest BCUT2D eigenvalue weighted by Gasteiger charge is 2.14. The zero-order chi connectivity index (χ0) is 22.2. The molecule has 1 amide bonds. The zero-order valence-electron chi connectivity index (χ0n) is 15.8. The van der Waals surface area contributed by atoms with Gasteiger partial charge in [0.15, 0.2) is 6.61 Å². The number of benzene rings is 3. The Labute approximate surface area is 196 Å². The second kappa shape index (κ2) is 10.9. The lowest BCUT2D eigenvalue weighted by Crippen LogP contribution is -2.24. The molecule has 0 unspecified atom stereocenters. The number of carbonyl (C=O) groups is 2. The van der Waals surface area contributed by atoms with Gasteiger partial charge in [-0.1, -0.05) is 57.3 Å². The summed E-state index contributed by atoms with van der Waals surface area (Å²) in [6.45, 7) is -0.246. The summed E-state index contributed by atoms with van der Waals surface area (Å²) >= 11 is 15.3. The number of hydrazone groups is 1. The highest BCUT2D eigenvalue weighted by Crippen LogP contribution is 2.24. The summed E-state index contributed by atoms with van der Waals surface area (Å²) in [6.07, 6.45) is 1.36. The number of carbonyl (C=O) groups excluding carboxylic acids is 2. The van der Waals surface area contributed by atoms with Gasteiger partial charge >= 0.3 is 5.97 Å². The fraction of sp³-hybridized carbons (Fsp3) is 0.0455. The van der Waals surface area contributed by atoms with Crippen LogP contribution in [0.15, 0.2) is 76.3 Å². The van der Waals surface area contributed by atoms with Crippen molar-refractivity contribution in [3.8, 4) is 11.5 Å². The van der Waals surface area contributed by atoms with Crippen LogP contribution in [0.25, 0.3) is 0 Å². The molecule has 0 radical (unpaired) electrons. The molecule has 1 N–H and O–H groups in total. The predicted octanol–water partition coefficient (Wildman–Crippen LogP) is 5.50. The van der Waals surface area contributed by atoms with Crippen molar-refractivity contribution in [3.05, 3.63) is 92.4 Å². The number of halogens is 3. The monoisotopic (exact) mass is 520 g/mol. The van der Waals surface area contributed by atoms with Gasteiger partial charge in [0, 0.05) is 15.1 Å². The molecule has 3 rings (SSSR count). The van der Waals surface area contributed by atoms with Crippen molar-refractivity contribution in [1.82, 2.24) is 5.43 Å². The van der Waals surface area contributed by atoms with Gasteiger partial charge in [0.25, 0.3) is 5.91 Å². The lowest BCUT2D eigenvalue weighted by atomic mass is 10.2. The molecule has 158 valence electrons. The van der Waals surface area contributed by atoms with Gasteiger partial charge < -0.3 is 9.47 Å². The molecule has 0 spiro atoms. The zero-order valence-corrected chi connectivity index (χ0v) is 18.9. The van der Waals surface area contributed by atoms with E-state index in [1.807, 2.05) is 0 Å². The van der Waals surface area contributed by atoms with Gasteiger partial charge in [0.05, 0.1) is 16.8 Å². The number of nitrogens with one attached hydrogen (secondary N) is 1. The molecular formula is C22H15BrCl2N2O4. The van der Waals surface area contributed by atoms with Gasteiger partial charge in [-0.05, 0) is 48.5 Å². The molecular weight excluding hydrogens is 507 g/mol. The lowest BCUT2D eigenvalue weighted by molar-refractivity contribution is -0.123. The van der Waals surface area contributed by atoms with Crippen LogP contribution < -0.4 is 14.9 Å². The average molecular weight is 522 g/mol. The van der Waals surface area contributed by atoms with Crippen molar-refractivity contribution in [2.45, 2.75) is 0 Å². The maximum absolute atomic E-state index is 12.4. The standard InChI is InChI=1S/C22H15BrCl2N2O4/c23-15-8-9-20(31-22(29)18-6-1-2-7-19(18)25)14(10-15)12-26-27-21(28)13-30-17-5-3-4-16(24)11-17/h1-12H,13H2,(H,27,28). The summed E-state index contributed by atoms with van der Waals surface area (Å²) in [5, 5.41) is 4.69. The van der Waals surface area contributed by atoms with Gasteiger partial charge in [-0.3, -0.25) is 4.79 Å². The maximum atomic E-state index is 12.4. The minimum Gasteiger partial charge on any atom is -0.484 e. The van der Waals surface area contributed by atoms with Gasteiger partial charge in [0.1, 0.15) is 11.5 Å². The van der Waals surface area contributed by atoms with E-state index in [0.717, 1.165) is 4.47 Å². The second-order valence-corrected chi connectivity index (χ2v) is 7.85. The minimum absolute atomic E-state index is 0.237. The van der Waals surface area contributed by atoms with Crippen LogP contribution in [0.3, 0.4) is 0 Å². The summed E-state index contributed by atoms with van der Waals surface area (Å²) in [5.74, 6) is -0.365. The lowest BCUT2D eigenvalue weighted by Gasteiger charge is -2.09. The van der Waals surface area contributed by atoms with Gasteiger partial charge in [0.2, 0.25) is 0 Å². The van der Waals surface area contributed by atoms with Crippen LogP contribution in [0, 0.1) is 0 Å². The number of ether oxygens (including phenoxy) is 2. The SMILES string of the molecule is O=C(COc1cccc(Cl)c1)NN=Cc1cc(Br)ccc1OC(=O)c1ccccc1Cl. The third-order valence-electron chi connectivity index (χ3n) is 3.83. The summed E-state index contributed by atoms with van der Waals surface area (Å²) in [4.78, 5) is 24.4. The molecule has 6 nitrogen and oxygen atoms in total. The highest BCUT2D eigenvalue weighted by molar-refractivity contribution is 9.10. The Morgan fingerprint density at radius 1 is 1.03 bits per heavy atom. The molecule has 31 heavy (non-hydrogen) atoms. The molecule has 0 aromatic heterocycles. The van der Waals surface area contributed by atoms with E-state index in [2.05, 4.69) is 26.5 Å². The third-order valence-corrected chi connectivity index (χ3v) is 4.89. The van der Waals surface area contributed by atoms with Crippen LogP contribution in [-0.2, 0) is 4.79 Å². The Hall–Kier alpha value is -2.87. The topological polar surface area (TPSA) is 77.0 Å². The molecule has 0 heterocycles. The van der Waals surface area contributed by atoms with Crippen molar-refractivity contribution in [2.75, 3.05) is 6.61 Å². The number of esters is 1. The molecule has 0 atom stereocenters. The molecule has 0 aliphatic rings. The average Bonchev–Trinajstić information content (AvgIpc) is 2.74. The maximum Gasteiger partial charge on any atom is 0.345 e. The number of nitrogens with zero attached hydrogens (tertiary/aromatic N) is 1. The smallest absolute Gasteiger partial charge is 0.345 e.